The minimum Gasteiger partial charge on any atom is -0.454 e. The monoisotopic (exact) mass is 450 g/mol. The van der Waals surface area contributed by atoms with E-state index in [1.54, 1.807) is 23.1 Å². The molecule has 0 N–H and O–H groups in total. The molecule has 0 aliphatic carbocycles. The van der Waals surface area contributed by atoms with Crippen molar-refractivity contribution < 1.29 is 22.7 Å². The largest absolute Gasteiger partial charge is 0.454 e. The van der Waals surface area contributed by atoms with Crippen molar-refractivity contribution in [2.75, 3.05) is 33.0 Å². The first-order valence-electron chi connectivity index (χ1n) is 10.4. The van der Waals surface area contributed by atoms with Gasteiger partial charge in [0, 0.05) is 32.3 Å². The molecule has 2 aliphatic heterocycles. The summed E-state index contributed by atoms with van der Waals surface area (Å²) in [6.45, 7) is 1.42. The van der Waals surface area contributed by atoms with Gasteiger partial charge in [0.05, 0.1) is 4.90 Å². The topological polar surface area (TPSA) is 76.2 Å². The Morgan fingerprint density at radius 3 is 2.41 bits per heavy atom. The molecule has 0 aromatic heterocycles. The van der Waals surface area contributed by atoms with Gasteiger partial charge >= 0.3 is 0 Å². The zero-order valence-electron chi connectivity index (χ0n) is 17.3. The normalized spacial score (nSPS) is 16.7. The van der Waals surface area contributed by atoms with E-state index < -0.39 is 10.0 Å². The van der Waals surface area contributed by atoms with Crippen molar-refractivity contribution in [1.82, 2.24) is 9.21 Å². The zero-order chi connectivity index (χ0) is 22.1. The van der Waals surface area contributed by atoms with Crippen LogP contribution >= 0.6 is 0 Å². The quantitative estimate of drug-likeness (QED) is 0.571. The molecule has 2 aliphatic rings. The Bertz CT molecular complexity index is 1310. The maximum absolute atomic E-state index is 13.1. The summed E-state index contributed by atoms with van der Waals surface area (Å²) in [7, 11) is -3.61. The smallest absolute Gasteiger partial charge is 0.246 e. The van der Waals surface area contributed by atoms with Gasteiger partial charge in [0.2, 0.25) is 22.7 Å². The van der Waals surface area contributed by atoms with Crippen LogP contribution in [0.4, 0.5) is 0 Å². The molecule has 1 amide bonds. The minimum absolute atomic E-state index is 0.148. The van der Waals surface area contributed by atoms with E-state index in [0.717, 1.165) is 16.3 Å². The number of rotatable bonds is 4. The maximum atomic E-state index is 13.1. The summed E-state index contributed by atoms with van der Waals surface area (Å²) in [5.74, 6) is 1.20. The summed E-state index contributed by atoms with van der Waals surface area (Å²) in [6, 6.07) is 18.3. The molecule has 0 radical (unpaired) electrons. The van der Waals surface area contributed by atoms with Crippen LogP contribution in [0, 0.1) is 0 Å². The van der Waals surface area contributed by atoms with Gasteiger partial charge < -0.3 is 14.4 Å². The molecule has 1 saturated heterocycles. The van der Waals surface area contributed by atoms with Crippen molar-refractivity contribution in [2.24, 2.45) is 0 Å². The lowest BCUT2D eigenvalue weighted by molar-refractivity contribution is -0.127. The first-order chi connectivity index (χ1) is 15.5. The van der Waals surface area contributed by atoms with Gasteiger partial charge in [-0.15, -0.1) is 0 Å². The number of hydrogen-bond donors (Lipinski definition) is 0. The summed E-state index contributed by atoms with van der Waals surface area (Å²) in [4.78, 5) is 14.5. The van der Waals surface area contributed by atoms with Crippen molar-refractivity contribution in [3.63, 3.8) is 0 Å². The van der Waals surface area contributed by atoms with E-state index in [4.69, 9.17) is 9.47 Å². The molecule has 5 rings (SSSR count). The average molecular weight is 451 g/mol. The summed E-state index contributed by atoms with van der Waals surface area (Å²) in [5.41, 5.74) is 0.833. The van der Waals surface area contributed by atoms with Crippen molar-refractivity contribution in [3.8, 4) is 11.5 Å². The highest BCUT2D eigenvalue weighted by Crippen LogP contribution is 2.32. The van der Waals surface area contributed by atoms with Gasteiger partial charge in [-0.25, -0.2) is 8.42 Å². The Hall–Kier alpha value is -3.36. The lowest BCUT2D eigenvalue weighted by Gasteiger charge is -2.33. The number of sulfonamides is 1. The van der Waals surface area contributed by atoms with Crippen molar-refractivity contribution in [1.29, 1.82) is 0 Å². The van der Waals surface area contributed by atoms with Crippen LogP contribution in [0.2, 0.25) is 0 Å². The van der Waals surface area contributed by atoms with E-state index in [1.165, 1.54) is 10.4 Å². The number of piperazine rings is 1. The Kier molecular flexibility index (Phi) is 5.32. The molecule has 0 atom stereocenters. The SMILES string of the molecule is O=C(C=Cc1ccc2c(c1)OCO2)N1CCN(S(=O)(=O)c2ccc3ccccc3c2)CC1. The third-order valence-electron chi connectivity index (χ3n) is 5.72. The fourth-order valence-electron chi connectivity index (χ4n) is 3.92. The molecule has 164 valence electrons. The molecule has 32 heavy (non-hydrogen) atoms. The van der Waals surface area contributed by atoms with Crippen molar-refractivity contribution in [2.45, 2.75) is 4.90 Å². The van der Waals surface area contributed by atoms with Gasteiger partial charge in [0.15, 0.2) is 11.5 Å². The summed E-state index contributed by atoms with van der Waals surface area (Å²) >= 11 is 0. The Morgan fingerprint density at radius 1 is 0.844 bits per heavy atom. The standard InChI is InChI=1S/C24H22N2O5S/c27-24(10-6-18-5-9-22-23(15-18)31-17-30-22)25-11-13-26(14-12-25)32(28,29)21-8-7-19-3-1-2-4-20(19)16-21/h1-10,15-16H,11-14,17H2. The van der Waals surface area contributed by atoms with Crippen molar-refractivity contribution >= 4 is 32.8 Å². The third kappa shape index (κ3) is 3.94. The molecule has 8 heteroatoms. The van der Waals surface area contributed by atoms with Gasteiger partial charge in [0.1, 0.15) is 0 Å². The highest BCUT2D eigenvalue weighted by atomic mass is 32.2. The van der Waals surface area contributed by atoms with Gasteiger partial charge in [-0.05, 0) is 46.7 Å². The Labute approximate surface area is 186 Å². The third-order valence-corrected chi connectivity index (χ3v) is 7.62. The number of carbonyl (C=O) groups is 1. The molecule has 3 aromatic carbocycles. The minimum atomic E-state index is -3.61. The predicted molar refractivity (Wildman–Crippen MR) is 121 cm³/mol. The summed E-state index contributed by atoms with van der Waals surface area (Å²) < 4.78 is 38.3. The van der Waals surface area contributed by atoms with E-state index in [1.807, 2.05) is 48.5 Å². The van der Waals surface area contributed by atoms with Gasteiger partial charge in [-0.2, -0.15) is 4.31 Å². The van der Waals surface area contributed by atoms with Crippen LogP contribution < -0.4 is 9.47 Å². The molecular weight excluding hydrogens is 428 g/mol. The lowest BCUT2D eigenvalue weighted by atomic mass is 10.1. The molecule has 1 fully saturated rings. The van der Waals surface area contributed by atoms with Crippen molar-refractivity contribution in [3.05, 3.63) is 72.3 Å². The predicted octanol–water partition coefficient (Wildman–Crippen LogP) is 3.11. The summed E-state index contributed by atoms with van der Waals surface area (Å²) in [6.07, 6.45) is 3.23. The zero-order valence-corrected chi connectivity index (χ0v) is 18.1. The van der Waals surface area contributed by atoms with Crippen LogP contribution in [0.15, 0.2) is 71.6 Å². The molecule has 0 spiro atoms. The van der Waals surface area contributed by atoms with Gasteiger partial charge in [-0.1, -0.05) is 36.4 Å². The van der Waals surface area contributed by atoms with Gasteiger partial charge in [0.25, 0.3) is 0 Å². The van der Waals surface area contributed by atoms with E-state index in [9.17, 15) is 13.2 Å². The number of carbonyl (C=O) groups excluding carboxylic acids is 1. The van der Waals surface area contributed by atoms with E-state index in [-0.39, 0.29) is 30.7 Å². The second-order valence-electron chi connectivity index (χ2n) is 7.68. The summed E-state index contributed by atoms with van der Waals surface area (Å²) in [5, 5.41) is 1.88. The number of hydrogen-bond acceptors (Lipinski definition) is 5. The van der Waals surface area contributed by atoms with Crippen LogP contribution in [0.25, 0.3) is 16.8 Å². The molecular formula is C24H22N2O5S. The van der Waals surface area contributed by atoms with Crippen LogP contribution in [-0.4, -0.2) is 56.5 Å². The fraction of sp³-hybridized carbons (Fsp3) is 0.208. The number of benzene rings is 3. The van der Waals surface area contributed by atoms with Gasteiger partial charge in [-0.3, -0.25) is 4.79 Å². The molecule has 2 heterocycles. The Morgan fingerprint density at radius 2 is 1.59 bits per heavy atom. The number of amides is 1. The lowest BCUT2D eigenvalue weighted by Crippen LogP contribution is -2.50. The van der Waals surface area contributed by atoms with Crippen LogP contribution in [-0.2, 0) is 14.8 Å². The first-order valence-corrected chi connectivity index (χ1v) is 11.8. The van der Waals surface area contributed by atoms with Crippen LogP contribution in [0.1, 0.15) is 5.56 Å². The highest BCUT2D eigenvalue weighted by Gasteiger charge is 2.29. The Balaban J connectivity index is 1.23. The van der Waals surface area contributed by atoms with E-state index in [2.05, 4.69) is 0 Å². The maximum Gasteiger partial charge on any atom is 0.246 e. The van der Waals surface area contributed by atoms with E-state index >= 15 is 0 Å². The second-order valence-corrected chi connectivity index (χ2v) is 9.62. The second kappa shape index (κ2) is 8.29. The van der Waals surface area contributed by atoms with Crippen LogP contribution in [0.3, 0.4) is 0 Å². The number of ether oxygens (including phenoxy) is 2. The van der Waals surface area contributed by atoms with E-state index in [0.29, 0.717) is 24.6 Å². The molecule has 0 saturated carbocycles. The molecule has 3 aromatic rings. The molecule has 7 nitrogen and oxygen atoms in total. The highest BCUT2D eigenvalue weighted by molar-refractivity contribution is 7.89. The molecule has 0 unspecified atom stereocenters. The number of fused-ring (bicyclic) bond motifs is 2. The fourth-order valence-corrected chi connectivity index (χ4v) is 5.37. The average Bonchev–Trinajstić information content (AvgIpc) is 3.30. The molecule has 0 bridgehead atoms. The number of nitrogens with zero attached hydrogens (tertiary/aromatic N) is 2. The van der Waals surface area contributed by atoms with Crippen LogP contribution in [0.5, 0.6) is 11.5 Å². The first kappa shape index (κ1) is 20.5.